The molecule has 0 aliphatic rings. The van der Waals surface area contributed by atoms with Gasteiger partial charge in [-0.25, -0.2) is 4.79 Å². The van der Waals surface area contributed by atoms with Crippen molar-refractivity contribution >= 4 is 18.4 Å². The van der Waals surface area contributed by atoms with Gasteiger partial charge in [-0.3, -0.25) is 0 Å². The van der Waals surface area contributed by atoms with Crippen LogP contribution in [0.4, 0.5) is 0 Å². The average Bonchev–Trinajstić information content (AvgIpc) is 1.89. The second-order valence-electron chi connectivity index (χ2n) is 1.84. The third-order valence-electron chi connectivity index (χ3n) is 0.946. The summed E-state index contributed by atoms with van der Waals surface area (Å²) < 4.78 is 7.51. The van der Waals surface area contributed by atoms with Crippen LogP contribution in [0.2, 0.25) is 0 Å². The molecule has 1 unspecified atom stereocenters. The number of carbonyl (C=O) groups excluding carboxylic acids is 1. The molecule has 0 aliphatic heterocycles. The third kappa shape index (κ3) is 3.47. The summed E-state index contributed by atoms with van der Waals surface area (Å²) in [6, 6.07) is 0. The summed E-state index contributed by atoms with van der Waals surface area (Å²) in [5.41, 5.74) is 0. The molecule has 0 fully saturated rings. The van der Waals surface area contributed by atoms with Gasteiger partial charge in [-0.2, -0.15) is 0 Å². The molecule has 0 saturated heterocycles. The Morgan fingerprint density at radius 1 is 1.80 bits per heavy atom. The molecule has 0 aromatic rings. The highest BCUT2D eigenvalue weighted by atomic mass is 32.1. The first-order valence-electron chi connectivity index (χ1n) is 2.74. The molecule has 58 valence electrons. The normalized spacial score (nSPS) is 12.2. The molecule has 0 spiro atoms. The van der Waals surface area contributed by atoms with Crippen molar-refractivity contribution in [2.24, 2.45) is 10.4 Å². The van der Waals surface area contributed by atoms with Gasteiger partial charge in [0, 0.05) is 7.11 Å². The van der Waals surface area contributed by atoms with Crippen LogP contribution in [-0.4, -0.2) is 19.7 Å². The standard InChI is InChI=1S/C5H9NO3S/c1-4(3-8-2)5(7)9-6-10/h4H,3H2,1-2H3. The monoisotopic (exact) mass is 163 g/mol. The molecule has 0 saturated carbocycles. The fraction of sp³-hybridized carbons (Fsp3) is 0.800. The summed E-state index contributed by atoms with van der Waals surface area (Å²) in [6.07, 6.45) is 0. The Hall–Kier alpha value is -0.550. The van der Waals surface area contributed by atoms with E-state index in [-0.39, 0.29) is 5.92 Å². The number of hydrogen-bond acceptors (Lipinski definition) is 5. The second kappa shape index (κ2) is 5.25. The minimum Gasteiger partial charge on any atom is -0.384 e. The molecule has 5 heteroatoms. The van der Waals surface area contributed by atoms with E-state index in [1.54, 1.807) is 6.92 Å². The average molecular weight is 163 g/mol. The lowest BCUT2D eigenvalue weighted by Crippen LogP contribution is -2.16. The minimum absolute atomic E-state index is 0.309. The van der Waals surface area contributed by atoms with Crippen LogP contribution >= 0.6 is 0 Å². The van der Waals surface area contributed by atoms with Gasteiger partial charge in [-0.15, -0.1) is 0 Å². The molecule has 0 amide bonds. The maximum Gasteiger partial charge on any atom is 0.341 e. The Kier molecular flexibility index (Phi) is 4.96. The van der Waals surface area contributed by atoms with E-state index in [1.165, 1.54) is 7.11 Å². The first-order valence-corrected chi connectivity index (χ1v) is 3.11. The zero-order valence-electron chi connectivity index (χ0n) is 5.86. The van der Waals surface area contributed by atoms with Crippen LogP contribution in [0.3, 0.4) is 0 Å². The zero-order chi connectivity index (χ0) is 7.98. The Bertz CT molecular complexity index is 128. The number of ether oxygens (including phenoxy) is 1. The van der Waals surface area contributed by atoms with Gasteiger partial charge in [0.25, 0.3) is 0 Å². The predicted octanol–water partition coefficient (Wildman–Crippen LogP) is 0.458. The van der Waals surface area contributed by atoms with E-state index < -0.39 is 5.97 Å². The summed E-state index contributed by atoms with van der Waals surface area (Å²) in [4.78, 5) is 14.8. The van der Waals surface area contributed by atoms with E-state index in [0.29, 0.717) is 6.61 Å². The second-order valence-corrected chi connectivity index (χ2v) is 1.99. The summed E-state index contributed by atoms with van der Waals surface area (Å²) in [5, 5.41) is 0. The van der Waals surface area contributed by atoms with Gasteiger partial charge in [0.1, 0.15) is 0 Å². The third-order valence-corrected chi connectivity index (χ3v) is 1.02. The molecule has 0 radical (unpaired) electrons. The lowest BCUT2D eigenvalue weighted by molar-refractivity contribution is -0.149. The van der Waals surface area contributed by atoms with Crippen LogP contribution in [0.5, 0.6) is 0 Å². The fourth-order valence-electron chi connectivity index (χ4n) is 0.445. The van der Waals surface area contributed by atoms with Crippen molar-refractivity contribution in [1.82, 2.24) is 0 Å². The topological polar surface area (TPSA) is 47.9 Å². The van der Waals surface area contributed by atoms with Crippen molar-refractivity contribution in [3.8, 4) is 0 Å². The first kappa shape index (κ1) is 9.45. The highest BCUT2D eigenvalue weighted by Crippen LogP contribution is 1.98. The van der Waals surface area contributed by atoms with Crippen molar-refractivity contribution in [1.29, 1.82) is 0 Å². The first-order chi connectivity index (χ1) is 4.72. The Labute approximate surface area is 64.6 Å². The molecule has 1 atom stereocenters. The van der Waals surface area contributed by atoms with Gasteiger partial charge in [0.15, 0.2) is 0 Å². The van der Waals surface area contributed by atoms with Crippen LogP contribution in [-0.2, 0) is 26.8 Å². The molecule has 0 N–H and O–H groups in total. The summed E-state index contributed by atoms with van der Waals surface area (Å²) in [7, 11) is 1.51. The molecular formula is C5H9NO3S. The van der Waals surface area contributed by atoms with E-state index in [9.17, 15) is 4.79 Å². The minimum atomic E-state index is -0.461. The predicted molar refractivity (Wildman–Crippen MR) is 36.9 cm³/mol. The largest absolute Gasteiger partial charge is 0.384 e. The van der Waals surface area contributed by atoms with Gasteiger partial charge in [0.05, 0.1) is 24.9 Å². The number of methoxy groups -OCH3 is 1. The quantitative estimate of drug-likeness (QED) is 0.565. The van der Waals surface area contributed by atoms with Crippen LogP contribution < -0.4 is 0 Å². The number of rotatable bonds is 4. The number of carbonyl (C=O) groups is 1. The highest BCUT2D eigenvalue weighted by Gasteiger charge is 2.13. The SMILES string of the molecule is COCC(C)C(=O)ON=S. The van der Waals surface area contributed by atoms with E-state index in [2.05, 4.69) is 21.8 Å². The maximum atomic E-state index is 10.7. The molecular weight excluding hydrogens is 154 g/mol. The van der Waals surface area contributed by atoms with Gasteiger partial charge < -0.3 is 9.57 Å². The summed E-state index contributed by atoms with van der Waals surface area (Å²) in [6.45, 7) is 2.00. The van der Waals surface area contributed by atoms with Gasteiger partial charge in [-0.1, -0.05) is 0 Å². The lowest BCUT2D eigenvalue weighted by Gasteiger charge is -2.03. The van der Waals surface area contributed by atoms with Crippen molar-refractivity contribution in [3.63, 3.8) is 0 Å². The Morgan fingerprint density at radius 2 is 2.40 bits per heavy atom. The molecule has 0 aromatic carbocycles. The molecule has 0 aromatic heterocycles. The van der Waals surface area contributed by atoms with Crippen molar-refractivity contribution in [2.75, 3.05) is 13.7 Å². The molecule has 0 aliphatic carbocycles. The lowest BCUT2D eigenvalue weighted by atomic mass is 10.2. The van der Waals surface area contributed by atoms with Crippen molar-refractivity contribution in [2.45, 2.75) is 6.92 Å². The van der Waals surface area contributed by atoms with Gasteiger partial charge in [-0.05, 0) is 11.4 Å². The van der Waals surface area contributed by atoms with Crippen LogP contribution in [0, 0.1) is 5.92 Å². The van der Waals surface area contributed by atoms with Crippen LogP contribution in [0.15, 0.2) is 4.53 Å². The smallest absolute Gasteiger partial charge is 0.341 e. The Balaban J connectivity index is 3.58. The van der Waals surface area contributed by atoms with Gasteiger partial charge >= 0.3 is 5.97 Å². The maximum absolute atomic E-state index is 10.7. The molecule has 0 rings (SSSR count). The van der Waals surface area contributed by atoms with Crippen molar-refractivity contribution in [3.05, 3.63) is 0 Å². The molecule has 0 bridgehead atoms. The summed E-state index contributed by atoms with van der Waals surface area (Å²) >= 11 is 4.07. The Morgan fingerprint density at radius 3 is 2.80 bits per heavy atom. The van der Waals surface area contributed by atoms with E-state index in [4.69, 9.17) is 4.74 Å². The molecule has 10 heavy (non-hydrogen) atoms. The molecule has 0 heterocycles. The van der Waals surface area contributed by atoms with Gasteiger partial charge in [0.2, 0.25) is 0 Å². The zero-order valence-corrected chi connectivity index (χ0v) is 6.68. The van der Waals surface area contributed by atoms with E-state index in [1.807, 2.05) is 0 Å². The number of hydrogen-bond donors (Lipinski definition) is 0. The van der Waals surface area contributed by atoms with Crippen LogP contribution in [0.25, 0.3) is 0 Å². The molecule has 4 nitrogen and oxygen atoms in total. The summed E-state index contributed by atoms with van der Waals surface area (Å²) in [5.74, 6) is -0.770. The van der Waals surface area contributed by atoms with Crippen LogP contribution in [0.1, 0.15) is 6.92 Å². The van der Waals surface area contributed by atoms with E-state index in [0.717, 1.165) is 0 Å². The highest BCUT2D eigenvalue weighted by molar-refractivity contribution is 7.47. The fourth-order valence-corrected chi connectivity index (χ4v) is 0.518. The van der Waals surface area contributed by atoms with E-state index >= 15 is 0 Å². The number of nitrogens with zero attached hydrogens (tertiary/aromatic N) is 1. The van der Waals surface area contributed by atoms with Crippen molar-refractivity contribution < 1.29 is 14.4 Å².